The van der Waals surface area contributed by atoms with E-state index in [0.717, 1.165) is 22.3 Å². The van der Waals surface area contributed by atoms with Gasteiger partial charge in [0.25, 0.3) is 0 Å². The molecule has 2 aromatic rings. The maximum absolute atomic E-state index is 12.0. The SMILES string of the molecule is Cc1ccccc1/C=C1/N=C(c2ccccc2C)OC1=O. The second-order valence-electron chi connectivity index (χ2n) is 5.01. The van der Waals surface area contributed by atoms with Crippen molar-refractivity contribution in [3.8, 4) is 0 Å². The van der Waals surface area contributed by atoms with Crippen LogP contribution < -0.4 is 0 Å². The van der Waals surface area contributed by atoms with Crippen molar-refractivity contribution in [1.82, 2.24) is 0 Å². The lowest BCUT2D eigenvalue weighted by atomic mass is 10.1. The molecule has 0 atom stereocenters. The Morgan fingerprint density at radius 2 is 1.62 bits per heavy atom. The first-order valence-corrected chi connectivity index (χ1v) is 6.79. The predicted octanol–water partition coefficient (Wildman–Crippen LogP) is 3.65. The lowest BCUT2D eigenvalue weighted by Gasteiger charge is -2.02. The summed E-state index contributed by atoms with van der Waals surface area (Å²) in [6.07, 6.45) is 1.77. The van der Waals surface area contributed by atoms with Crippen LogP contribution in [0.3, 0.4) is 0 Å². The number of hydrogen-bond donors (Lipinski definition) is 0. The molecule has 3 rings (SSSR count). The van der Waals surface area contributed by atoms with Crippen molar-refractivity contribution < 1.29 is 9.53 Å². The van der Waals surface area contributed by atoms with E-state index in [4.69, 9.17) is 4.74 Å². The number of hydrogen-bond acceptors (Lipinski definition) is 3. The van der Waals surface area contributed by atoms with Crippen LogP contribution in [0.4, 0.5) is 0 Å². The number of nitrogens with zero attached hydrogens (tertiary/aromatic N) is 1. The molecule has 21 heavy (non-hydrogen) atoms. The summed E-state index contributed by atoms with van der Waals surface area (Å²) in [7, 11) is 0. The van der Waals surface area contributed by atoms with Gasteiger partial charge in [-0.05, 0) is 42.7 Å². The fourth-order valence-corrected chi connectivity index (χ4v) is 2.23. The molecule has 2 aromatic carbocycles. The van der Waals surface area contributed by atoms with E-state index in [9.17, 15) is 4.79 Å². The number of carbonyl (C=O) groups is 1. The highest BCUT2D eigenvalue weighted by molar-refractivity contribution is 6.13. The standard InChI is InChI=1S/C18H15NO2/c1-12-7-3-5-9-14(12)11-16-18(20)21-17(19-16)15-10-6-4-8-13(15)2/h3-11H,1-2H3/b16-11+. The zero-order valence-electron chi connectivity index (χ0n) is 12.0. The molecule has 0 aromatic heterocycles. The highest BCUT2D eigenvalue weighted by Crippen LogP contribution is 2.21. The minimum absolute atomic E-state index is 0.336. The van der Waals surface area contributed by atoms with Crippen LogP contribution in [-0.2, 0) is 9.53 Å². The number of carbonyl (C=O) groups excluding carboxylic acids is 1. The average molecular weight is 277 g/mol. The first-order valence-electron chi connectivity index (χ1n) is 6.79. The van der Waals surface area contributed by atoms with E-state index in [1.54, 1.807) is 6.08 Å². The normalized spacial score (nSPS) is 16.0. The first-order chi connectivity index (χ1) is 10.1. The molecule has 0 fully saturated rings. The molecule has 0 saturated carbocycles. The van der Waals surface area contributed by atoms with Crippen LogP contribution in [-0.4, -0.2) is 11.9 Å². The van der Waals surface area contributed by atoms with Crippen LogP contribution in [0.2, 0.25) is 0 Å². The lowest BCUT2D eigenvalue weighted by molar-refractivity contribution is -0.129. The molecule has 0 N–H and O–H groups in total. The van der Waals surface area contributed by atoms with E-state index < -0.39 is 5.97 Å². The van der Waals surface area contributed by atoms with Gasteiger partial charge >= 0.3 is 5.97 Å². The summed E-state index contributed by atoms with van der Waals surface area (Å²) >= 11 is 0. The van der Waals surface area contributed by atoms with Crippen molar-refractivity contribution in [2.24, 2.45) is 4.99 Å². The Morgan fingerprint density at radius 1 is 0.952 bits per heavy atom. The average Bonchev–Trinajstić information content (AvgIpc) is 2.83. The van der Waals surface area contributed by atoms with Gasteiger partial charge in [-0.15, -0.1) is 0 Å². The molecule has 0 bridgehead atoms. The minimum Gasteiger partial charge on any atom is -0.402 e. The number of ether oxygens (including phenoxy) is 1. The zero-order valence-corrected chi connectivity index (χ0v) is 12.0. The monoisotopic (exact) mass is 277 g/mol. The van der Waals surface area contributed by atoms with Crippen molar-refractivity contribution in [3.05, 3.63) is 76.5 Å². The van der Waals surface area contributed by atoms with Gasteiger partial charge in [-0.25, -0.2) is 9.79 Å². The number of benzene rings is 2. The number of aliphatic imine (C=N–C) groups is 1. The van der Waals surface area contributed by atoms with E-state index in [-0.39, 0.29) is 0 Å². The number of rotatable bonds is 2. The fourth-order valence-electron chi connectivity index (χ4n) is 2.23. The van der Waals surface area contributed by atoms with Gasteiger partial charge in [0.1, 0.15) is 0 Å². The van der Waals surface area contributed by atoms with Gasteiger partial charge in [-0.1, -0.05) is 42.5 Å². The van der Waals surface area contributed by atoms with Crippen LogP contribution in [0.25, 0.3) is 6.08 Å². The highest BCUT2D eigenvalue weighted by atomic mass is 16.6. The van der Waals surface area contributed by atoms with Gasteiger partial charge in [0.2, 0.25) is 5.90 Å². The predicted molar refractivity (Wildman–Crippen MR) is 83.0 cm³/mol. The van der Waals surface area contributed by atoms with Crippen LogP contribution in [0.1, 0.15) is 22.3 Å². The Bertz CT molecular complexity index is 772. The number of aryl methyl sites for hydroxylation is 2. The molecule has 1 aliphatic heterocycles. The molecular weight excluding hydrogens is 262 g/mol. The summed E-state index contributed by atoms with van der Waals surface area (Å²) in [4.78, 5) is 16.3. The molecule has 3 heteroatoms. The minimum atomic E-state index is -0.406. The van der Waals surface area contributed by atoms with Gasteiger partial charge in [0.05, 0.1) is 0 Å². The maximum atomic E-state index is 12.0. The molecular formula is C18H15NO2. The third-order valence-electron chi connectivity index (χ3n) is 3.48. The van der Waals surface area contributed by atoms with Gasteiger partial charge in [0, 0.05) is 5.56 Å². The third kappa shape index (κ3) is 2.63. The molecule has 0 aliphatic carbocycles. The Morgan fingerprint density at radius 3 is 2.33 bits per heavy atom. The summed E-state index contributed by atoms with van der Waals surface area (Å²) < 4.78 is 5.30. The van der Waals surface area contributed by atoms with Gasteiger partial charge in [0.15, 0.2) is 5.70 Å². The lowest BCUT2D eigenvalue weighted by Crippen LogP contribution is -2.06. The summed E-state index contributed by atoms with van der Waals surface area (Å²) in [5.41, 5.74) is 4.28. The molecule has 1 aliphatic rings. The van der Waals surface area contributed by atoms with Crippen molar-refractivity contribution in [3.63, 3.8) is 0 Å². The first kappa shape index (κ1) is 13.3. The Balaban J connectivity index is 2.00. The Hall–Kier alpha value is -2.68. The summed E-state index contributed by atoms with van der Waals surface area (Å²) in [6.45, 7) is 3.97. The Kier molecular flexibility index (Phi) is 3.40. The quantitative estimate of drug-likeness (QED) is 0.621. The largest absolute Gasteiger partial charge is 0.402 e. The van der Waals surface area contributed by atoms with Crippen LogP contribution >= 0.6 is 0 Å². The van der Waals surface area contributed by atoms with E-state index in [1.165, 1.54) is 0 Å². The van der Waals surface area contributed by atoms with Gasteiger partial charge < -0.3 is 4.74 Å². The van der Waals surface area contributed by atoms with E-state index >= 15 is 0 Å². The van der Waals surface area contributed by atoms with Gasteiger partial charge in [-0.3, -0.25) is 0 Å². The van der Waals surface area contributed by atoms with E-state index in [1.807, 2.05) is 62.4 Å². The molecule has 0 amide bonds. The van der Waals surface area contributed by atoms with Crippen molar-refractivity contribution in [1.29, 1.82) is 0 Å². The van der Waals surface area contributed by atoms with E-state index in [0.29, 0.717) is 11.6 Å². The van der Waals surface area contributed by atoms with Crippen molar-refractivity contribution >= 4 is 17.9 Å². The van der Waals surface area contributed by atoms with Crippen molar-refractivity contribution in [2.45, 2.75) is 13.8 Å². The number of cyclic esters (lactones) is 1. The maximum Gasteiger partial charge on any atom is 0.363 e. The Labute approximate surface area is 123 Å². The summed E-state index contributed by atoms with van der Waals surface area (Å²) in [5, 5.41) is 0. The van der Waals surface area contributed by atoms with Crippen LogP contribution in [0.15, 0.2) is 59.2 Å². The molecule has 104 valence electrons. The summed E-state index contributed by atoms with van der Waals surface area (Å²) in [5.74, 6) is -0.0329. The zero-order chi connectivity index (χ0) is 14.8. The molecule has 0 unspecified atom stereocenters. The molecule has 0 spiro atoms. The fraction of sp³-hybridized carbons (Fsp3) is 0.111. The second kappa shape index (κ2) is 5.37. The highest BCUT2D eigenvalue weighted by Gasteiger charge is 2.24. The van der Waals surface area contributed by atoms with Crippen LogP contribution in [0.5, 0.6) is 0 Å². The van der Waals surface area contributed by atoms with E-state index in [2.05, 4.69) is 4.99 Å². The van der Waals surface area contributed by atoms with Crippen molar-refractivity contribution in [2.75, 3.05) is 0 Å². The molecule has 0 radical (unpaired) electrons. The molecule has 3 nitrogen and oxygen atoms in total. The third-order valence-corrected chi connectivity index (χ3v) is 3.48. The van der Waals surface area contributed by atoms with Gasteiger partial charge in [-0.2, -0.15) is 0 Å². The topological polar surface area (TPSA) is 38.7 Å². The molecule has 1 heterocycles. The smallest absolute Gasteiger partial charge is 0.363 e. The molecule has 0 saturated heterocycles. The summed E-state index contributed by atoms with van der Waals surface area (Å²) in [6, 6.07) is 15.6. The number of esters is 1. The second-order valence-corrected chi connectivity index (χ2v) is 5.01. The van der Waals surface area contributed by atoms with Crippen LogP contribution in [0, 0.1) is 13.8 Å².